The van der Waals surface area contributed by atoms with Gasteiger partial charge >= 0.3 is 0 Å². The van der Waals surface area contributed by atoms with Crippen molar-refractivity contribution in [2.24, 2.45) is 0 Å². The number of aryl methyl sites for hydroxylation is 2. The first kappa shape index (κ1) is 9.59. The fraction of sp³-hybridized carbons (Fsp3) is 0.167. The lowest BCUT2D eigenvalue weighted by molar-refractivity contribution is 0.436. The van der Waals surface area contributed by atoms with E-state index in [1.165, 1.54) is 11.1 Å². The molecule has 13 heavy (non-hydrogen) atoms. The molecule has 0 saturated heterocycles. The Morgan fingerprint density at radius 1 is 1.31 bits per heavy atom. The molecule has 0 heterocycles. The lowest BCUT2D eigenvalue weighted by Gasteiger charge is -2.00. The van der Waals surface area contributed by atoms with Crippen molar-refractivity contribution in [3.05, 3.63) is 53.3 Å². The second-order valence-corrected chi connectivity index (χ2v) is 3.17. The second kappa shape index (κ2) is 3.94. The molecule has 0 aliphatic carbocycles. The van der Waals surface area contributed by atoms with E-state index in [1.54, 1.807) is 6.08 Å². The van der Waals surface area contributed by atoms with Crippen LogP contribution in [-0.2, 0) is 0 Å². The number of benzene rings is 1. The van der Waals surface area contributed by atoms with E-state index in [-0.39, 0.29) is 5.76 Å². The monoisotopic (exact) mass is 174 g/mol. The van der Waals surface area contributed by atoms with Gasteiger partial charge in [0.05, 0.1) is 0 Å². The maximum atomic E-state index is 8.86. The predicted molar refractivity (Wildman–Crippen MR) is 56.7 cm³/mol. The first-order chi connectivity index (χ1) is 6.09. The summed E-state index contributed by atoms with van der Waals surface area (Å²) in [4.78, 5) is 0. The molecule has 1 aromatic carbocycles. The summed E-state index contributed by atoms with van der Waals surface area (Å²) in [6.45, 7) is 7.53. The van der Waals surface area contributed by atoms with E-state index in [9.17, 15) is 0 Å². The van der Waals surface area contributed by atoms with Crippen LogP contribution in [0.1, 0.15) is 16.7 Å². The molecule has 0 fully saturated rings. The molecule has 0 aliphatic rings. The topological polar surface area (TPSA) is 20.2 Å². The minimum Gasteiger partial charge on any atom is -0.509 e. The fourth-order valence-corrected chi connectivity index (χ4v) is 1.06. The first-order valence-corrected chi connectivity index (χ1v) is 4.23. The van der Waals surface area contributed by atoms with Crippen molar-refractivity contribution >= 4 is 6.08 Å². The Labute approximate surface area is 79.0 Å². The standard InChI is InChI=1S/C12H14O/c1-9-4-6-12(8-10(9)2)7-5-11(3)13/h4-8,13H,3H2,1-2H3/b7-5+. The van der Waals surface area contributed by atoms with E-state index in [0.717, 1.165) is 5.56 Å². The van der Waals surface area contributed by atoms with Gasteiger partial charge in [0.15, 0.2) is 0 Å². The molecule has 0 aromatic heterocycles. The summed E-state index contributed by atoms with van der Waals surface area (Å²) in [6.07, 6.45) is 3.43. The Hall–Kier alpha value is -1.50. The molecule has 1 heteroatoms. The van der Waals surface area contributed by atoms with Crippen LogP contribution in [-0.4, -0.2) is 5.11 Å². The summed E-state index contributed by atoms with van der Waals surface area (Å²) in [5, 5.41) is 8.86. The van der Waals surface area contributed by atoms with E-state index in [1.807, 2.05) is 12.1 Å². The number of hydrogen-bond acceptors (Lipinski definition) is 1. The van der Waals surface area contributed by atoms with Gasteiger partial charge in [0, 0.05) is 0 Å². The van der Waals surface area contributed by atoms with Gasteiger partial charge in [-0.2, -0.15) is 0 Å². The van der Waals surface area contributed by atoms with Gasteiger partial charge in [-0.25, -0.2) is 0 Å². The molecular weight excluding hydrogens is 160 g/mol. The van der Waals surface area contributed by atoms with Crippen LogP contribution in [0.25, 0.3) is 6.08 Å². The molecule has 0 radical (unpaired) electrons. The minimum absolute atomic E-state index is 0.0817. The predicted octanol–water partition coefficient (Wildman–Crippen LogP) is 3.39. The maximum absolute atomic E-state index is 8.86. The molecule has 0 aliphatic heterocycles. The summed E-state index contributed by atoms with van der Waals surface area (Å²) in [5.74, 6) is 0.0817. The zero-order valence-electron chi connectivity index (χ0n) is 8.04. The Morgan fingerprint density at radius 2 is 2.00 bits per heavy atom. The third-order valence-corrected chi connectivity index (χ3v) is 2.00. The quantitative estimate of drug-likeness (QED) is 0.538. The zero-order valence-corrected chi connectivity index (χ0v) is 8.04. The van der Waals surface area contributed by atoms with Crippen molar-refractivity contribution in [2.45, 2.75) is 13.8 Å². The number of hydrogen-bond donors (Lipinski definition) is 1. The van der Waals surface area contributed by atoms with E-state index < -0.39 is 0 Å². The number of aliphatic hydroxyl groups excluding tert-OH is 1. The van der Waals surface area contributed by atoms with Crippen LogP contribution in [0.4, 0.5) is 0 Å². The normalized spacial score (nSPS) is 10.6. The first-order valence-electron chi connectivity index (χ1n) is 4.23. The van der Waals surface area contributed by atoms with Crippen molar-refractivity contribution in [1.82, 2.24) is 0 Å². The average molecular weight is 174 g/mol. The van der Waals surface area contributed by atoms with E-state index >= 15 is 0 Å². The van der Waals surface area contributed by atoms with Gasteiger partial charge < -0.3 is 5.11 Å². The largest absolute Gasteiger partial charge is 0.509 e. The van der Waals surface area contributed by atoms with Gasteiger partial charge in [-0.15, -0.1) is 0 Å². The lowest BCUT2D eigenvalue weighted by atomic mass is 10.1. The summed E-state index contributed by atoms with van der Waals surface area (Å²) in [7, 11) is 0. The van der Waals surface area contributed by atoms with Gasteiger partial charge in [0.1, 0.15) is 5.76 Å². The minimum atomic E-state index is 0.0817. The van der Waals surface area contributed by atoms with E-state index in [4.69, 9.17) is 5.11 Å². The summed E-state index contributed by atoms with van der Waals surface area (Å²) in [6, 6.07) is 6.16. The van der Waals surface area contributed by atoms with Gasteiger partial charge in [0.2, 0.25) is 0 Å². The molecular formula is C12H14O. The lowest BCUT2D eigenvalue weighted by Crippen LogP contribution is -1.81. The highest BCUT2D eigenvalue weighted by Crippen LogP contribution is 2.11. The highest BCUT2D eigenvalue weighted by atomic mass is 16.3. The Bertz CT molecular complexity index is 348. The SMILES string of the molecule is C=C(O)/C=C/c1ccc(C)c(C)c1. The van der Waals surface area contributed by atoms with Gasteiger partial charge in [-0.3, -0.25) is 0 Å². The molecule has 0 unspecified atom stereocenters. The molecule has 0 saturated carbocycles. The van der Waals surface area contributed by atoms with Gasteiger partial charge in [-0.1, -0.05) is 30.9 Å². The molecule has 1 rings (SSSR count). The van der Waals surface area contributed by atoms with E-state index in [0.29, 0.717) is 0 Å². The molecule has 1 nitrogen and oxygen atoms in total. The summed E-state index contributed by atoms with van der Waals surface area (Å²) < 4.78 is 0. The van der Waals surface area contributed by atoms with E-state index in [2.05, 4.69) is 32.6 Å². The third-order valence-electron chi connectivity index (χ3n) is 2.00. The number of aliphatic hydroxyl groups is 1. The van der Waals surface area contributed by atoms with Crippen LogP contribution in [0.5, 0.6) is 0 Å². The molecule has 1 N–H and O–H groups in total. The molecule has 68 valence electrons. The smallest absolute Gasteiger partial charge is 0.108 e. The van der Waals surface area contributed by atoms with Crippen LogP contribution < -0.4 is 0 Å². The van der Waals surface area contributed by atoms with Crippen LogP contribution in [0.2, 0.25) is 0 Å². The average Bonchev–Trinajstić information content (AvgIpc) is 2.07. The van der Waals surface area contributed by atoms with Crippen molar-refractivity contribution in [1.29, 1.82) is 0 Å². The molecule has 1 aromatic rings. The Kier molecular flexibility index (Phi) is 2.91. The summed E-state index contributed by atoms with van der Waals surface area (Å²) in [5.41, 5.74) is 3.61. The maximum Gasteiger partial charge on any atom is 0.108 e. The Morgan fingerprint density at radius 3 is 2.54 bits per heavy atom. The molecule has 0 bridgehead atoms. The number of rotatable bonds is 2. The summed E-state index contributed by atoms with van der Waals surface area (Å²) >= 11 is 0. The highest BCUT2D eigenvalue weighted by Gasteiger charge is 1.92. The second-order valence-electron chi connectivity index (χ2n) is 3.17. The number of allylic oxidation sites excluding steroid dienone is 1. The van der Waals surface area contributed by atoms with Crippen molar-refractivity contribution in [3.8, 4) is 0 Å². The molecule has 0 spiro atoms. The van der Waals surface area contributed by atoms with Gasteiger partial charge in [0.25, 0.3) is 0 Å². The Balaban J connectivity index is 2.92. The fourth-order valence-electron chi connectivity index (χ4n) is 1.06. The third kappa shape index (κ3) is 2.79. The zero-order chi connectivity index (χ0) is 9.84. The van der Waals surface area contributed by atoms with Crippen LogP contribution in [0.15, 0.2) is 36.6 Å². The molecule has 0 atom stereocenters. The van der Waals surface area contributed by atoms with Crippen molar-refractivity contribution in [3.63, 3.8) is 0 Å². The van der Waals surface area contributed by atoms with Crippen LogP contribution in [0, 0.1) is 13.8 Å². The highest BCUT2D eigenvalue weighted by molar-refractivity contribution is 5.53. The van der Waals surface area contributed by atoms with Crippen molar-refractivity contribution in [2.75, 3.05) is 0 Å². The van der Waals surface area contributed by atoms with Crippen molar-refractivity contribution < 1.29 is 5.11 Å². The van der Waals surface area contributed by atoms with Crippen LogP contribution >= 0.6 is 0 Å². The van der Waals surface area contributed by atoms with Gasteiger partial charge in [-0.05, 0) is 36.6 Å². The van der Waals surface area contributed by atoms with Crippen LogP contribution in [0.3, 0.4) is 0 Å². The molecule has 0 amide bonds.